The van der Waals surface area contributed by atoms with Gasteiger partial charge in [-0.1, -0.05) is 5.16 Å². The molecule has 0 amide bonds. The average molecular weight is 314 g/mol. The summed E-state index contributed by atoms with van der Waals surface area (Å²) in [5.74, 6) is 1.37. The fourth-order valence-electron chi connectivity index (χ4n) is 1.97. The highest BCUT2D eigenvalue weighted by atomic mass is 16.6. The number of aromatic nitrogens is 2. The van der Waals surface area contributed by atoms with Crippen LogP contribution in [0.2, 0.25) is 0 Å². The molecule has 0 aliphatic carbocycles. The molecule has 7 heteroatoms. The van der Waals surface area contributed by atoms with E-state index in [-0.39, 0.29) is 12.5 Å². The second kappa shape index (κ2) is 6.35. The van der Waals surface area contributed by atoms with E-state index in [1.807, 2.05) is 12.1 Å². The second-order valence-corrected chi connectivity index (χ2v) is 4.71. The first-order valence-corrected chi connectivity index (χ1v) is 6.85. The van der Waals surface area contributed by atoms with E-state index >= 15 is 0 Å². The SMILES string of the molecule is COc1ccc(-c2noc(COC(=O)c3ccoc3C)n2)cc1. The average Bonchev–Trinajstić information content (AvgIpc) is 3.22. The van der Waals surface area contributed by atoms with E-state index in [0.29, 0.717) is 17.1 Å². The van der Waals surface area contributed by atoms with Crippen molar-refractivity contribution in [1.82, 2.24) is 10.1 Å². The predicted molar refractivity (Wildman–Crippen MR) is 78.9 cm³/mol. The number of esters is 1. The maximum atomic E-state index is 11.9. The molecule has 0 bridgehead atoms. The Morgan fingerprint density at radius 1 is 1.22 bits per heavy atom. The van der Waals surface area contributed by atoms with Crippen molar-refractivity contribution < 1.29 is 23.2 Å². The largest absolute Gasteiger partial charge is 0.497 e. The van der Waals surface area contributed by atoms with Crippen molar-refractivity contribution in [3.8, 4) is 17.1 Å². The highest BCUT2D eigenvalue weighted by molar-refractivity contribution is 5.90. The van der Waals surface area contributed by atoms with Crippen LogP contribution in [0.3, 0.4) is 0 Å². The minimum Gasteiger partial charge on any atom is -0.497 e. The molecule has 0 N–H and O–H groups in total. The van der Waals surface area contributed by atoms with Gasteiger partial charge in [-0.3, -0.25) is 0 Å². The zero-order chi connectivity index (χ0) is 16.2. The number of hydrogen-bond donors (Lipinski definition) is 0. The van der Waals surface area contributed by atoms with Gasteiger partial charge in [0.25, 0.3) is 5.89 Å². The maximum absolute atomic E-state index is 11.9. The number of furan rings is 1. The molecular formula is C16H14N2O5. The lowest BCUT2D eigenvalue weighted by molar-refractivity contribution is 0.0428. The maximum Gasteiger partial charge on any atom is 0.342 e. The lowest BCUT2D eigenvalue weighted by Crippen LogP contribution is -2.05. The van der Waals surface area contributed by atoms with E-state index in [2.05, 4.69) is 10.1 Å². The van der Waals surface area contributed by atoms with Crippen molar-refractivity contribution in [3.63, 3.8) is 0 Å². The Kier molecular flexibility index (Phi) is 4.09. The van der Waals surface area contributed by atoms with Crippen LogP contribution >= 0.6 is 0 Å². The van der Waals surface area contributed by atoms with Gasteiger partial charge >= 0.3 is 5.97 Å². The third-order valence-electron chi connectivity index (χ3n) is 3.22. The summed E-state index contributed by atoms with van der Waals surface area (Å²) >= 11 is 0. The first-order valence-electron chi connectivity index (χ1n) is 6.85. The zero-order valence-corrected chi connectivity index (χ0v) is 12.6. The predicted octanol–water partition coefficient (Wildman–Crippen LogP) is 3.00. The van der Waals surface area contributed by atoms with E-state index in [9.17, 15) is 4.79 Å². The molecule has 0 spiro atoms. The van der Waals surface area contributed by atoms with Gasteiger partial charge in [0.1, 0.15) is 17.1 Å². The number of ether oxygens (including phenoxy) is 2. The van der Waals surface area contributed by atoms with Crippen LogP contribution in [0.4, 0.5) is 0 Å². The highest BCUT2D eigenvalue weighted by Crippen LogP contribution is 2.20. The van der Waals surface area contributed by atoms with Gasteiger partial charge in [-0.2, -0.15) is 4.98 Å². The number of aryl methyl sites for hydroxylation is 1. The Labute approximate surface area is 131 Å². The standard InChI is InChI=1S/C16H14N2O5/c1-10-13(7-8-21-10)16(19)22-9-14-17-15(18-23-14)11-3-5-12(20-2)6-4-11/h3-8H,9H2,1-2H3. The van der Waals surface area contributed by atoms with Crippen molar-refractivity contribution in [2.45, 2.75) is 13.5 Å². The number of carbonyl (C=O) groups is 1. The first-order chi connectivity index (χ1) is 11.2. The Bertz CT molecular complexity index is 804. The van der Waals surface area contributed by atoms with Crippen molar-refractivity contribution in [1.29, 1.82) is 0 Å². The minimum absolute atomic E-state index is 0.105. The summed E-state index contributed by atoms with van der Waals surface area (Å²) in [6, 6.07) is 8.77. The fraction of sp³-hybridized carbons (Fsp3) is 0.188. The number of rotatable bonds is 5. The van der Waals surface area contributed by atoms with Crippen molar-refractivity contribution in [2.24, 2.45) is 0 Å². The number of benzene rings is 1. The van der Waals surface area contributed by atoms with Crippen LogP contribution in [-0.2, 0) is 11.3 Å². The van der Waals surface area contributed by atoms with E-state index < -0.39 is 5.97 Å². The molecule has 3 aromatic rings. The highest BCUT2D eigenvalue weighted by Gasteiger charge is 2.15. The smallest absolute Gasteiger partial charge is 0.342 e. The number of nitrogens with zero attached hydrogens (tertiary/aromatic N) is 2. The summed E-state index contributed by atoms with van der Waals surface area (Å²) in [5, 5.41) is 3.86. The summed E-state index contributed by atoms with van der Waals surface area (Å²) in [6.07, 6.45) is 1.43. The van der Waals surface area contributed by atoms with Crippen molar-refractivity contribution in [2.75, 3.05) is 7.11 Å². The molecule has 0 radical (unpaired) electrons. The molecule has 3 rings (SSSR count). The van der Waals surface area contributed by atoms with Gasteiger partial charge in [-0.15, -0.1) is 0 Å². The van der Waals surface area contributed by atoms with E-state index in [1.165, 1.54) is 6.26 Å². The summed E-state index contributed by atoms with van der Waals surface area (Å²) in [4.78, 5) is 16.1. The number of hydrogen-bond acceptors (Lipinski definition) is 7. The Morgan fingerprint density at radius 2 is 2.00 bits per heavy atom. The van der Waals surface area contributed by atoms with Gasteiger partial charge in [0.2, 0.25) is 5.82 Å². The van der Waals surface area contributed by atoms with Gasteiger partial charge in [-0.25, -0.2) is 4.79 Å². The Hall–Kier alpha value is -3.09. The fourth-order valence-corrected chi connectivity index (χ4v) is 1.97. The molecule has 0 aliphatic heterocycles. The minimum atomic E-state index is -0.500. The first kappa shape index (κ1) is 14.8. The molecule has 2 aromatic heterocycles. The Morgan fingerprint density at radius 3 is 2.65 bits per heavy atom. The van der Waals surface area contributed by atoms with Crippen molar-refractivity contribution >= 4 is 5.97 Å². The summed E-state index contributed by atoms with van der Waals surface area (Å²) in [5.41, 5.74) is 1.15. The van der Waals surface area contributed by atoms with Gasteiger partial charge in [0.05, 0.1) is 13.4 Å². The van der Waals surface area contributed by atoms with E-state index in [4.69, 9.17) is 18.4 Å². The van der Waals surface area contributed by atoms with Gasteiger partial charge < -0.3 is 18.4 Å². The van der Waals surface area contributed by atoms with Crippen LogP contribution in [0.25, 0.3) is 11.4 Å². The van der Waals surface area contributed by atoms with Crippen LogP contribution in [0.1, 0.15) is 22.0 Å². The van der Waals surface area contributed by atoms with E-state index in [0.717, 1.165) is 11.3 Å². The van der Waals surface area contributed by atoms with Crippen molar-refractivity contribution in [3.05, 3.63) is 53.8 Å². The molecule has 0 saturated carbocycles. The summed E-state index contributed by atoms with van der Waals surface area (Å²) < 4.78 is 20.4. The number of methoxy groups -OCH3 is 1. The molecule has 0 fully saturated rings. The lowest BCUT2D eigenvalue weighted by Gasteiger charge is -2.00. The second-order valence-electron chi connectivity index (χ2n) is 4.71. The van der Waals surface area contributed by atoms with Crippen LogP contribution < -0.4 is 4.74 Å². The molecule has 23 heavy (non-hydrogen) atoms. The molecule has 2 heterocycles. The molecule has 0 unspecified atom stereocenters. The van der Waals surface area contributed by atoms with E-state index in [1.54, 1.807) is 32.2 Å². The van der Waals surface area contributed by atoms with Gasteiger partial charge in [0.15, 0.2) is 6.61 Å². The monoisotopic (exact) mass is 314 g/mol. The zero-order valence-electron chi connectivity index (χ0n) is 12.6. The molecule has 7 nitrogen and oxygen atoms in total. The quantitative estimate of drug-likeness (QED) is 0.669. The lowest BCUT2D eigenvalue weighted by atomic mass is 10.2. The third kappa shape index (κ3) is 3.23. The molecule has 118 valence electrons. The third-order valence-corrected chi connectivity index (χ3v) is 3.22. The van der Waals surface area contributed by atoms with Crippen LogP contribution in [-0.4, -0.2) is 23.2 Å². The molecule has 0 saturated heterocycles. The normalized spacial score (nSPS) is 10.5. The van der Waals surface area contributed by atoms with Gasteiger partial charge in [-0.05, 0) is 37.3 Å². The molecular weight excluding hydrogens is 300 g/mol. The van der Waals surface area contributed by atoms with Crippen LogP contribution in [0.15, 0.2) is 45.5 Å². The van der Waals surface area contributed by atoms with Crippen LogP contribution in [0, 0.1) is 6.92 Å². The summed E-state index contributed by atoms with van der Waals surface area (Å²) in [6.45, 7) is 1.58. The van der Waals surface area contributed by atoms with Crippen LogP contribution in [0.5, 0.6) is 5.75 Å². The molecule has 1 aromatic carbocycles. The topological polar surface area (TPSA) is 87.6 Å². The van der Waals surface area contributed by atoms with Gasteiger partial charge in [0, 0.05) is 5.56 Å². The summed E-state index contributed by atoms with van der Waals surface area (Å²) in [7, 11) is 1.59. The Balaban J connectivity index is 1.65. The molecule has 0 aliphatic rings. The molecule has 0 atom stereocenters. The number of carbonyl (C=O) groups excluding carboxylic acids is 1.